The van der Waals surface area contributed by atoms with Crippen LogP contribution in [0.5, 0.6) is 0 Å². The van der Waals surface area contributed by atoms with E-state index >= 15 is 0 Å². The first kappa shape index (κ1) is 15.6. The van der Waals surface area contributed by atoms with E-state index in [0.717, 1.165) is 44.9 Å². The predicted molar refractivity (Wildman–Crippen MR) is 82.0 cm³/mol. The molecule has 3 saturated carbocycles. The van der Waals surface area contributed by atoms with Gasteiger partial charge in [0.1, 0.15) is 11.7 Å². The number of carbonyl (C=O) groups excluding carboxylic acids is 2. The van der Waals surface area contributed by atoms with Crippen molar-refractivity contribution in [3.63, 3.8) is 0 Å². The Bertz CT molecular complexity index is 489. The molecular formula is C18H26O4. The summed E-state index contributed by atoms with van der Waals surface area (Å²) < 4.78 is 11.4. The third-order valence-corrected chi connectivity index (χ3v) is 5.67. The Morgan fingerprint density at radius 2 is 1.82 bits per heavy atom. The Hall–Kier alpha value is -1.32. The van der Waals surface area contributed by atoms with Crippen LogP contribution in [-0.4, -0.2) is 23.6 Å². The van der Waals surface area contributed by atoms with E-state index in [2.05, 4.69) is 6.58 Å². The second-order valence-electron chi connectivity index (χ2n) is 7.65. The second kappa shape index (κ2) is 5.71. The molecule has 0 aromatic rings. The average Bonchev–Trinajstić information content (AvgIpc) is 3.13. The molecule has 0 aromatic heterocycles. The van der Waals surface area contributed by atoms with Gasteiger partial charge < -0.3 is 9.47 Å². The summed E-state index contributed by atoms with van der Waals surface area (Å²) in [5, 5.41) is 0. The van der Waals surface area contributed by atoms with Crippen LogP contribution < -0.4 is 0 Å². The minimum atomic E-state index is -0.340. The summed E-state index contributed by atoms with van der Waals surface area (Å²) in [6.45, 7) is 7.33. The number of rotatable bonds is 4. The van der Waals surface area contributed by atoms with Crippen LogP contribution in [0.2, 0.25) is 0 Å². The van der Waals surface area contributed by atoms with Gasteiger partial charge in [-0.25, -0.2) is 4.79 Å². The van der Waals surface area contributed by atoms with Crippen LogP contribution >= 0.6 is 0 Å². The largest absolute Gasteiger partial charge is 0.459 e. The summed E-state index contributed by atoms with van der Waals surface area (Å²) in [7, 11) is 0. The van der Waals surface area contributed by atoms with Gasteiger partial charge in [0.05, 0.1) is 5.92 Å². The average molecular weight is 306 g/mol. The van der Waals surface area contributed by atoms with Gasteiger partial charge in [-0.15, -0.1) is 0 Å². The van der Waals surface area contributed by atoms with Crippen LogP contribution in [0.3, 0.4) is 0 Å². The lowest BCUT2D eigenvalue weighted by atomic mass is 9.86. The van der Waals surface area contributed by atoms with Crippen molar-refractivity contribution in [3.05, 3.63) is 12.2 Å². The summed E-state index contributed by atoms with van der Waals surface area (Å²) >= 11 is 0. The van der Waals surface area contributed by atoms with E-state index in [1.54, 1.807) is 6.92 Å². The fourth-order valence-electron chi connectivity index (χ4n) is 4.47. The molecule has 0 heterocycles. The Labute approximate surface area is 132 Å². The molecule has 0 aliphatic heterocycles. The van der Waals surface area contributed by atoms with E-state index in [4.69, 9.17) is 9.47 Å². The SMILES string of the molecule is C=C(C)C(=O)OC1CC2CC(C(=O)OC3(C)CCCC3)C1C2. The van der Waals surface area contributed by atoms with Gasteiger partial charge in [0.25, 0.3) is 0 Å². The summed E-state index contributed by atoms with van der Waals surface area (Å²) in [4.78, 5) is 24.3. The van der Waals surface area contributed by atoms with E-state index in [-0.39, 0.29) is 35.5 Å². The van der Waals surface area contributed by atoms with Crippen LogP contribution in [0, 0.1) is 17.8 Å². The lowest BCUT2D eigenvalue weighted by Gasteiger charge is -2.31. The van der Waals surface area contributed by atoms with Crippen LogP contribution in [0.15, 0.2) is 12.2 Å². The lowest BCUT2D eigenvalue weighted by Crippen LogP contribution is -2.38. The topological polar surface area (TPSA) is 52.6 Å². The molecule has 0 aromatic carbocycles. The van der Waals surface area contributed by atoms with E-state index in [9.17, 15) is 9.59 Å². The summed E-state index contributed by atoms with van der Waals surface area (Å²) in [6, 6.07) is 0. The van der Waals surface area contributed by atoms with Crippen LogP contribution in [0.4, 0.5) is 0 Å². The minimum Gasteiger partial charge on any atom is -0.459 e. The van der Waals surface area contributed by atoms with Crippen molar-refractivity contribution in [1.29, 1.82) is 0 Å². The summed E-state index contributed by atoms with van der Waals surface area (Å²) in [6.07, 6.45) is 6.81. The zero-order chi connectivity index (χ0) is 15.9. The molecule has 0 radical (unpaired) electrons. The van der Waals surface area contributed by atoms with Crippen molar-refractivity contribution in [2.75, 3.05) is 0 Å². The fourth-order valence-corrected chi connectivity index (χ4v) is 4.47. The molecule has 0 amide bonds. The molecule has 2 bridgehead atoms. The molecule has 122 valence electrons. The lowest BCUT2D eigenvalue weighted by molar-refractivity contribution is -0.169. The minimum absolute atomic E-state index is 0.0760. The van der Waals surface area contributed by atoms with Crippen LogP contribution in [-0.2, 0) is 19.1 Å². The highest BCUT2D eigenvalue weighted by Crippen LogP contribution is 2.51. The van der Waals surface area contributed by atoms with Crippen molar-refractivity contribution in [2.24, 2.45) is 17.8 Å². The Morgan fingerprint density at radius 3 is 2.41 bits per heavy atom. The number of ether oxygens (including phenoxy) is 2. The Morgan fingerprint density at radius 1 is 1.14 bits per heavy atom. The van der Waals surface area contributed by atoms with Gasteiger partial charge in [0.15, 0.2) is 0 Å². The van der Waals surface area contributed by atoms with Crippen molar-refractivity contribution in [2.45, 2.75) is 70.5 Å². The van der Waals surface area contributed by atoms with Gasteiger partial charge in [0, 0.05) is 11.5 Å². The van der Waals surface area contributed by atoms with Gasteiger partial charge in [-0.1, -0.05) is 6.58 Å². The smallest absolute Gasteiger partial charge is 0.333 e. The first-order valence-corrected chi connectivity index (χ1v) is 8.47. The molecule has 3 aliphatic rings. The molecule has 0 spiro atoms. The highest BCUT2D eigenvalue weighted by molar-refractivity contribution is 5.87. The van der Waals surface area contributed by atoms with Crippen molar-refractivity contribution in [1.82, 2.24) is 0 Å². The molecule has 3 rings (SSSR count). The molecule has 4 heteroatoms. The molecule has 4 nitrogen and oxygen atoms in total. The maximum Gasteiger partial charge on any atom is 0.333 e. The maximum absolute atomic E-state index is 12.6. The Kier molecular flexibility index (Phi) is 4.04. The number of hydrogen-bond acceptors (Lipinski definition) is 4. The zero-order valence-electron chi connectivity index (χ0n) is 13.6. The predicted octanol–water partition coefficient (Wildman–Crippen LogP) is 3.40. The van der Waals surface area contributed by atoms with Gasteiger partial charge in [-0.3, -0.25) is 4.79 Å². The molecule has 3 fully saturated rings. The number of carbonyl (C=O) groups is 2. The van der Waals surface area contributed by atoms with E-state index in [1.807, 2.05) is 6.92 Å². The summed E-state index contributed by atoms with van der Waals surface area (Å²) in [5.74, 6) is 0.104. The van der Waals surface area contributed by atoms with Crippen LogP contribution in [0.25, 0.3) is 0 Å². The van der Waals surface area contributed by atoms with Gasteiger partial charge >= 0.3 is 11.9 Å². The molecule has 0 saturated heterocycles. The second-order valence-corrected chi connectivity index (χ2v) is 7.65. The molecule has 22 heavy (non-hydrogen) atoms. The van der Waals surface area contributed by atoms with Gasteiger partial charge in [-0.05, 0) is 64.7 Å². The van der Waals surface area contributed by atoms with E-state index < -0.39 is 0 Å². The molecule has 4 unspecified atom stereocenters. The van der Waals surface area contributed by atoms with E-state index in [0.29, 0.717) is 11.5 Å². The molecule has 3 aliphatic carbocycles. The van der Waals surface area contributed by atoms with Crippen LogP contribution in [0.1, 0.15) is 58.8 Å². The van der Waals surface area contributed by atoms with Crippen molar-refractivity contribution >= 4 is 11.9 Å². The Balaban J connectivity index is 1.62. The summed E-state index contributed by atoms with van der Waals surface area (Å²) in [5.41, 5.74) is 0.142. The highest BCUT2D eigenvalue weighted by Gasteiger charge is 2.52. The first-order chi connectivity index (χ1) is 10.4. The maximum atomic E-state index is 12.6. The highest BCUT2D eigenvalue weighted by atomic mass is 16.6. The first-order valence-electron chi connectivity index (χ1n) is 8.47. The van der Waals surface area contributed by atoms with E-state index in [1.165, 1.54) is 0 Å². The molecule has 0 N–H and O–H groups in total. The number of esters is 2. The zero-order valence-corrected chi connectivity index (χ0v) is 13.6. The normalized spacial score (nSPS) is 35.4. The van der Waals surface area contributed by atoms with Crippen molar-refractivity contribution < 1.29 is 19.1 Å². The third kappa shape index (κ3) is 2.92. The molecule has 4 atom stereocenters. The number of hydrogen-bond donors (Lipinski definition) is 0. The fraction of sp³-hybridized carbons (Fsp3) is 0.778. The van der Waals surface area contributed by atoms with Crippen molar-refractivity contribution in [3.8, 4) is 0 Å². The third-order valence-electron chi connectivity index (χ3n) is 5.67. The molecular weight excluding hydrogens is 280 g/mol. The van der Waals surface area contributed by atoms with Gasteiger partial charge in [-0.2, -0.15) is 0 Å². The standard InChI is InChI=1S/C18H26O4/c1-11(2)16(19)21-15-10-12-8-13(15)14(9-12)17(20)22-18(3)6-4-5-7-18/h12-15H,1,4-10H2,2-3H3. The van der Waals surface area contributed by atoms with Gasteiger partial charge in [0.2, 0.25) is 0 Å². The number of fused-ring (bicyclic) bond motifs is 2. The monoisotopic (exact) mass is 306 g/mol. The quantitative estimate of drug-likeness (QED) is 0.590.